The van der Waals surface area contributed by atoms with Crippen LogP contribution in [0.3, 0.4) is 0 Å². The first-order chi connectivity index (χ1) is 9.49. The van der Waals surface area contributed by atoms with Crippen molar-refractivity contribution in [3.05, 3.63) is 11.9 Å². The van der Waals surface area contributed by atoms with Gasteiger partial charge in [0, 0.05) is 26.1 Å². The van der Waals surface area contributed by atoms with E-state index >= 15 is 0 Å². The lowest BCUT2D eigenvalue weighted by Crippen LogP contribution is -2.11. The lowest BCUT2D eigenvalue weighted by molar-refractivity contribution is 0.754. The smallest absolute Gasteiger partial charge is 0.208 e. The van der Waals surface area contributed by atoms with Gasteiger partial charge < -0.3 is 10.3 Å². The van der Waals surface area contributed by atoms with Crippen molar-refractivity contribution in [2.45, 2.75) is 29.1 Å². The van der Waals surface area contributed by atoms with Gasteiger partial charge in [0.15, 0.2) is 4.34 Å². The first-order valence-corrected chi connectivity index (χ1v) is 7.67. The van der Waals surface area contributed by atoms with Crippen molar-refractivity contribution in [3.8, 4) is 0 Å². The van der Waals surface area contributed by atoms with E-state index in [4.69, 9.17) is 5.84 Å². The maximum Gasteiger partial charge on any atom is 0.208 e. The van der Waals surface area contributed by atoms with Gasteiger partial charge >= 0.3 is 0 Å². The van der Waals surface area contributed by atoms with Crippen LogP contribution in [0.5, 0.6) is 0 Å². The average Bonchev–Trinajstić information content (AvgIpc) is 2.87. The molecule has 0 aliphatic carbocycles. The van der Waals surface area contributed by atoms with Gasteiger partial charge in [0.25, 0.3) is 0 Å². The Labute approximate surface area is 126 Å². The summed E-state index contributed by atoms with van der Waals surface area (Å²) in [5, 5.41) is 9.91. The highest BCUT2D eigenvalue weighted by Gasteiger charge is 2.12. The topological polar surface area (TPSA) is 92.8 Å². The molecule has 108 valence electrons. The number of nitrogens with one attached hydrogen (secondary N) is 1. The molecule has 0 saturated heterocycles. The summed E-state index contributed by atoms with van der Waals surface area (Å²) in [6.45, 7) is 4.08. The Kier molecular flexibility index (Phi) is 4.73. The SMILES string of the molecule is CC(C)c1nc(NN)cc(Sc2nnc(N(C)C)s2)n1. The monoisotopic (exact) mass is 311 g/mol. The van der Waals surface area contributed by atoms with Crippen molar-refractivity contribution >= 4 is 34.0 Å². The van der Waals surface area contributed by atoms with Crippen LogP contribution in [-0.4, -0.2) is 34.3 Å². The summed E-state index contributed by atoms with van der Waals surface area (Å²) in [5.74, 6) is 7.03. The number of aromatic nitrogens is 4. The predicted octanol–water partition coefficient (Wildman–Crippen LogP) is 1.95. The Morgan fingerprint density at radius 2 is 2.05 bits per heavy atom. The molecule has 0 radical (unpaired) electrons. The largest absolute Gasteiger partial charge is 0.353 e. The fraction of sp³-hybridized carbons (Fsp3) is 0.455. The summed E-state index contributed by atoms with van der Waals surface area (Å²) in [7, 11) is 3.87. The first kappa shape index (κ1) is 14.9. The van der Waals surface area contributed by atoms with Crippen LogP contribution in [0.2, 0.25) is 0 Å². The van der Waals surface area contributed by atoms with Crippen LogP contribution in [0.4, 0.5) is 10.9 Å². The molecule has 3 N–H and O–H groups in total. The number of hydrazine groups is 1. The molecule has 0 aromatic carbocycles. The van der Waals surface area contributed by atoms with Gasteiger partial charge in [-0.3, -0.25) is 0 Å². The predicted molar refractivity (Wildman–Crippen MR) is 82.3 cm³/mol. The van der Waals surface area contributed by atoms with Gasteiger partial charge in [0.1, 0.15) is 16.7 Å². The second kappa shape index (κ2) is 6.33. The van der Waals surface area contributed by atoms with E-state index in [1.54, 1.807) is 6.07 Å². The molecule has 7 nitrogen and oxygen atoms in total. The van der Waals surface area contributed by atoms with Crippen molar-refractivity contribution in [1.82, 2.24) is 20.2 Å². The summed E-state index contributed by atoms with van der Waals surface area (Å²) >= 11 is 2.98. The second-order valence-electron chi connectivity index (χ2n) is 4.60. The molecule has 0 bridgehead atoms. The van der Waals surface area contributed by atoms with Crippen LogP contribution in [0.25, 0.3) is 0 Å². The third-order valence-electron chi connectivity index (χ3n) is 2.35. The van der Waals surface area contributed by atoms with E-state index in [9.17, 15) is 0 Å². The number of nitrogens with two attached hydrogens (primary N) is 1. The third kappa shape index (κ3) is 3.56. The number of anilines is 2. The summed E-state index contributed by atoms with van der Waals surface area (Å²) < 4.78 is 0.838. The Bertz CT molecular complexity index is 582. The molecule has 2 aromatic heterocycles. The Hall–Kier alpha value is -1.45. The molecule has 0 fully saturated rings. The van der Waals surface area contributed by atoms with Gasteiger partial charge in [-0.05, 0) is 11.8 Å². The Balaban J connectivity index is 2.25. The minimum atomic E-state index is 0.231. The van der Waals surface area contributed by atoms with Crippen LogP contribution < -0.4 is 16.2 Å². The van der Waals surface area contributed by atoms with E-state index in [1.165, 1.54) is 23.1 Å². The number of nitrogen functional groups attached to an aromatic ring is 1. The van der Waals surface area contributed by atoms with Gasteiger partial charge in [-0.2, -0.15) is 0 Å². The van der Waals surface area contributed by atoms with Crippen molar-refractivity contribution < 1.29 is 0 Å². The lowest BCUT2D eigenvalue weighted by Gasteiger charge is -2.08. The van der Waals surface area contributed by atoms with E-state index in [2.05, 4.69) is 25.6 Å². The number of rotatable bonds is 5. The third-order valence-corrected chi connectivity index (χ3v) is 4.41. The van der Waals surface area contributed by atoms with E-state index in [-0.39, 0.29) is 5.92 Å². The van der Waals surface area contributed by atoms with Crippen LogP contribution in [0.15, 0.2) is 15.4 Å². The quantitative estimate of drug-likeness (QED) is 0.492. The summed E-state index contributed by atoms with van der Waals surface area (Å²) in [4.78, 5) is 10.8. The van der Waals surface area contributed by atoms with Crippen molar-refractivity contribution in [1.29, 1.82) is 0 Å². The molecule has 0 unspecified atom stereocenters. The Morgan fingerprint density at radius 1 is 1.30 bits per heavy atom. The van der Waals surface area contributed by atoms with Gasteiger partial charge in [0.2, 0.25) is 5.13 Å². The fourth-order valence-corrected chi connectivity index (χ4v) is 3.06. The molecule has 2 rings (SSSR count). The van der Waals surface area contributed by atoms with Gasteiger partial charge in [-0.25, -0.2) is 15.8 Å². The lowest BCUT2D eigenvalue weighted by atomic mass is 10.2. The van der Waals surface area contributed by atoms with E-state index in [0.29, 0.717) is 5.82 Å². The van der Waals surface area contributed by atoms with Crippen LogP contribution in [0, 0.1) is 0 Å². The van der Waals surface area contributed by atoms with Crippen molar-refractivity contribution in [2.75, 3.05) is 24.4 Å². The molecule has 0 saturated carbocycles. The zero-order valence-electron chi connectivity index (χ0n) is 11.8. The highest BCUT2D eigenvalue weighted by Crippen LogP contribution is 2.32. The summed E-state index contributed by atoms with van der Waals surface area (Å²) in [6, 6.07) is 1.80. The molecule has 0 spiro atoms. The molecule has 2 aromatic rings. The number of nitrogens with zero attached hydrogens (tertiary/aromatic N) is 5. The molecule has 0 amide bonds. The standard InChI is InChI=1S/C11H17N7S2/c1-6(2)9-13-7(15-12)5-8(14-9)19-11-17-16-10(20-11)18(3)4/h5-6H,12H2,1-4H3,(H,13,14,15). The molecule has 2 heterocycles. The summed E-state index contributed by atoms with van der Waals surface area (Å²) in [5.41, 5.74) is 2.57. The summed E-state index contributed by atoms with van der Waals surface area (Å²) in [6.07, 6.45) is 0. The van der Waals surface area contributed by atoms with E-state index < -0.39 is 0 Å². The molecule has 9 heteroatoms. The number of hydrogen-bond acceptors (Lipinski definition) is 9. The average molecular weight is 311 g/mol. The zero-order chi connectivity index (χ0) is 14.7. The maximum atomic E-state index is 5.44. The van der Waals surface area contributed by atoms with Gasteiger partial charge in [0.05, 0.1) is 0 Å². The van der Waals surface area contributed by atoms with Gasteiger partial charge in [-0.1, -0.05) is 25.2 Å². The number of hydrogen-bond donors (Lipinski definition) is 2. The molecule has 0 aliphatic heterocycles. The van der Waals surface area contributed by atoms with Crippen molar-refractivity contribution in [2.24, 2.45) is 5.84 Å². The van der Waals surface area contributed by atoms with Crippen LogP contribution >= 0.6 is 23.1 Å². The zero-order valence-corrected chi connectivity index (χ0v) is 13.4. The normalized spacial score (nSPS) is 10.9. The van der Waals surface area contributed by atoms with E-state index in [0.717, 1.165) is 20.3 Å². The molecule has 20 heavy (non-hydrogen) atoms. The van der Waals surface area contributed by atoms with Crippen molar-refractivity contribution in [3.63, 3.8) is 0 Å². The van der Waals surface area contributed by atoms with Gasteiger partial charge in [-0.15, -0.1) is 10.2 Å². The first-order valence-electron chi connectivity index (χ1n) is 6.04. The molecule has 0 atom stereocenters. The minimum Gasteiger partial charge on any atom is -0.353 e. The highest BCUT2D eigenvalue weighted by atomic mass is 32.2. The van der Waals surface area contributed by atoms with E-state index in [1.807, 2.05) is 32.8 Å². The fourth-order valence-electron chi connectivity index (χ4n) is 1.34. The minimum absolute atomic E-state index is 0.231. The van der Waals surface area contributed by atoms with Crippen LogP contribution in [0.1, 0.15) is 25.6 Å². The highest BCUT2D eigenvalue weighted by molar-refractivity contribution is 8.01. The maximum absolute atomic E-state index is 5.44. The second-order valence-corrected chi connectivity index (χ2v) is 6.82. The van der Waals surface area contributed by atoms with Crippen LogP contribution in [-0.2, 0) is 0 Å². The molecule has 0 aliphatic rings. The molecular formula is C11H17N7S2. The Morgan fingerprint density at radius 3 is 2.60 bits per heavy atom. The molecular weight excluding hydrogens is 294 g/mol.